The van der Waals surface area contributed by atoms with Gasteiger partial charge in [-0.1, -0.05) is 15.9 Å². The second-order valence-electron chi connectivity index (χ2n) is 6.70. The van der Waals surface area contributed by atoms with E-state index in [0.717, 1.165) is 4.47 Å². The smallest absolute Gasteiger partial charge is 0.303 e. The largest absolute Gasteiger partial charge is 0.481 e. The van der Waals surface area contributed by atoms with Gasteiger partial charge in [-0.2, -0.15) is 15.2 Å². The number of benzene rings is 1. The molecule has 0 aliphatic rings. The summed E-state index contributed by atoms with van der Waals surface area (Å²) in [6, 6.07) is 7.56. The van der Waals surface area contributed by atoms with Gasteiger partial charge in [0.1, 0.15) is 0 Å². The standard InChI is InChI=1S/C19H20BrN7O2/c1-11(2)27-10-23-16-17(24-14-7-12(9-21)6-13(20)8-14)25-19(26-18(16)27)22-5-3-4-15(28)29/h6-8,10-11H,3-5H2,1-2H3,(H,28,29)(H2,22,24,25,26). The molecule has 1 aromatic carbocycles. The number of nitriles is 1. The number of anilines is 3. The Hall–Kier alpha value is -3.19. The minimum Gasteiger partial charge on any atom is -0.481 e. The number of carboxylic acid groups (broad SMARTS) is 1. The van der Waals surface area contributed by atoms with E-state index >= 15 is 0 Å². The number of nitrogens with one attached hydrogen (secondary N) is 2. The summed E-state index contributed by atoms with van der Waals surface area (Å²) >= 11 is 3.40. The Bertz CT molecular complexity index is 1090. The Morgan fingerprint density at radius 3 is 2.83 bits per heavy atom. The highest BCUT2D eigenvalue weighted by atomic mass is 79.9. The Morgan fingerprint density at radius 2 is 2.14 bits per heavy atom. The zero-order valence-corrected chi connectivity index (χ0v) is 17.6. The van der Waals surface area contributed by atoms with Crippen molar-refractivity contribution in [2.24, 2.45) is 0 Å². The number of carbonyl (C=O) groups is 1. The van der Waals surface area contributed by atoms with E-state index in [2.05, 4.69) is 47.6 Å². The quantitative estimate of drug-likeness (QED) is 0.431. The molecule has 0 spiro atoms. The van der Waals surface area contributed by atoms with Gasteiger partial charge in [0.05, 0.1) is 18.0 Å². The summed E-state index contributed by atoms with van der Waals surface area (Å²) in [5, 5.41) is 24.3. The summed E-state index contributed by atoms with van der Waals surface area (Å²) in [6.07, 6.45) is 2.24. The van der Waals surface area contributed by atoms with Crippen LogP contribution in [0.1, 0.15) is 38.3 Å². The number of hydrogen-bond donors (Lipinski definition) is 3. The first-order valence-electron chi connectivity index (χ1n) is 9.05. The van der Waals surface area contributed by atoms with Crippen LogP contribution in [0.3, 0.4) is 0 Å². The first-order valence-corrected chi connectivity index (χ1v) is 9.84. The Labute approximate surface area is 175 Å². The van der Waals surface area contributed by atoms with Crippen molar-refractivity contribution in [1.82, 2.24) is 19.5 Å². The molecular formula is C19H20BrN7O2. The fourth-order valence-corrected chi connectivity index (χ4v) is 3.26. The van der Waals surface area contributed by atoms with Gasteiger partial charge in [0.2, 0.25) is 5.95 Å². The van der Waals surface area contributed by atoms with Gasteiger partial charge in [-0.15, -0.1) is 0 Å². The van der Waals surface area contributed by atoms with Crippen LogP contribution in [-0.4, -0.2) is 37.1 Å². The molecule has 29 heavy (non-hydrogen) atoms. The van der Waals surface area contributed by atoms with E-state index in [1.807, 2.05) is 24.5 Å². The number of fused-ring (bicyclic) bond motifs is 1. The average Bonchev–Trinajstić information content (AvgIpc) is 3.09. The van der Waals surface area contributed by atoms with Gasteiger partial charge in [-0.05, 0) is 38.5 Å². The van der Waals surface area contributed by atoms with E-state index in [-0.39, 0.29) is 12.5 Å². The number of hydrogen-bond acceptors (Lipinski definition) is 7. The number of carboxylic acids is 1. The molecule has 3 rings (SSSR count). The van der Waals surface area contributed by atoms with Crippen LogP contribution in [0.5, 0.6) is 0 Å². The predicted molar refractivity (Wildman–Crippen MR) is 113 cm³/mol. The average molecular weight is 458 g/mol. The van der Waals surface area contributed by atoms with Crippen LogP contribution in [0.15, 0.2) is 29.0 Å². The summed E-state index contributed by atoms with van der Waals surface area (Å²) in [6.45, 7) is 4.50. The van der Waals surface area contributed by atoms with Crippen molar-refractivity contribution >= 4 is 50.5 Å². The SMILES string of the molecule is CC(C)n1cnc2c(Nc3cc(Br)cc(C#N)c3)nc(NCCCC(=O)O)nc21. The van der Waals surface area contributed by atoms with Crippen LogP contribution in [-0.2, 0) is 4.79 Å². The van der Waals surface area contributed by atoms with Crippen LogP contribution in [0.4, 0.5) is 17.5 Å². The molecule has 0 aliphatic carbocycles. The van der Waals surface area contributed by atoms with Crippen LogP contribution >= 0.6 is 15.9 Å². The number of aromatic nitrogens is 4. The molecule has 9 nitrogen and oxygen atoms in total. The van der Waals surface area contributed by atoms with E-state index in [0.29, 0.717) is 47.1 Å². The van der Waals surface area contributed by atoms with Crippen molar-refractivity contribution in [2.45, 2.75) is 32.7 Å². The maximum absolute atomic E-state index is 10.7. The van der Waals surface area contributed by atoms with Crippen LogP contribution in [0.2, 0.25) is 0 Å². The summed E-state index contributed by atoms with van der Waals surface area (Å²) in [4.78, 5) is 24.2. The maximum Gasteiger partial charge on any atom is 0.303 e. The predicted octanol–water partition coefficient (Wildman–Crippen LogP) is 4.06. The first-order chi connectivity index (χ1) is 13.9. The molecule has 0 saturated heterocycles. The van der Waals surface area contributed by atoms with Gasteiger partial charge >= 0.3 is 5.97 Å². The van der Waals surface area contributed by atoms with Crippen molar-refractivity contribution in [3.05, 3.63) is 34.6 Å². The van der Waals surface area contributed by atoms with Gasteiger partial charge in [-0.3, -0.25) is 4.79 Å². The third-order valence-corrected chi connectivity index (χ3v) is 4.58. The van der Waals surface area contributed by atoms with E-state index in [4.69, 9.17) is 5.11 Å². The lowest BCUT2D eigenvalue weighted by molar-refractivity contribution is -0.137. The zero-order chi connectivity index (χ0) is 21.0. The molecule has 3 N–H and O–H groups in total. The Morgan fingerprint density at radius 1 is 1.34 bits per heavy atom. The molecule has 0 radical (unpaired) electrons. The number of nitrogens with zero attached hydrogens (tertiary/aromatic N) is 5. The molecule has 150 valence electrons. The molecule has 2 aromatic heterocycles. The maximum atomic E-state index is 10.7. The minimum absolute atomic E-state index is 0.0687. The van der Waals surface area contributed by atoms with Gasteiger partial charge in [-0.25, -0.2) is 4.98 Å². The molecular weight excluding hydrogens is 438 g/mol. The number of halogens is 1. The van der Waals surface area contributed by atoms with E-state index in [9.17, 15) is 10.1 Å². The fourth-order valence-electron chi connectivity index (χ4n) is 2.76. The van der Waals surface area contributed by atoms with E-state index in [1.54, 1.807) is 18.5 Å². The van der Waals surface area contributed by atoms with Crippen molar-refractivity contribution < 1.29 is 9.90 Å². The summed E-state index contributed by atoms with van der Waals surface area (Å²) in [7, 11) is 0. The van der Waals surface area contributed by atoms with E-state index < -0.39 is 5.97 Å². The van der Waals surface area contributed by atoms with E-state index in [1.165, 1.54) is 0 Å². The molecule has 0 amide bonds. The highest BCUT2D eigenvalue weighted by Crippen LogP contribution is 2.28. The first kappa shape index (κ1) is 20.5. The van der Waals surface area contributed by atoms with Crippen molar-refractivity contribution in [2.75, 3.05) is 17.2 Å². The second kappa shape index (κ2) is 8.87. The monoisotopic (exact) mass is 457 g/mol. The van der Waals surface area contributed by atoms with Gasteiger partial charge in [0.25, 0.3) is 0 Å². The molecule has 0 bridgehead atoms. The minimum atomic E-state index is -0.841. The second-order valence-corrected chi connectivity index (χ2v) is 7.62. The summed E-state index contributed by atoms with van der Waals surface area (Å²) in [5.41, 5.74) is 2.46. The van der Waals surface area contributed by atoms with Crippen molar-refractivity contribution in [3.8, 4) is 6.07 Å². The zero-order valence-electron chi connectivity index (χ0n) is 16.0. The van der Waals surface area contributed by atoms with Crippen LogP contribution < -0.4 is 10.6 Å². The van der Waals surface area contributed by atoms with Crippen LogP contribution in [0, 0.1) is 11.3 Å². The van der Waals surface area contributed by atoms with Crippen molar-refractivity contribution in [3.63, 3.8) is 0 Å². The summed E-state index contributed by atoms with van der Waals surface area (Å²) < 4.78 is 2.70. The third-order valence-electron chi connectivity index (χ3n) is 4.12. The van der Waals surface area contributed by atoms with Gasteiger partial charge < -0.3 is 20.3 Å². The fraction of sp³-hybridized carbons (Fsp3) is 0.316. The normalized spacial score (nSPS) is 10.9. The van der Waals surface area contributed by atoms with Gasteiger partial charge in [0.15, 0.2) is 17.0 Å². The number of rotatable bonds is 8. The lowest BCUT2D eigenvalue weighted by atomic mass is 10.2. The lowest BCUT2D eigenvalue weighted by Crippen LogP contribution is -2.10. The highest BCUT2D eigenvalue weighted by Gasteiger charge is 2.15. The molecule has 2 heterocycles. The molecule has 3 aromatic rings. The Balaban J connectivity index is 1.97. The number of imidazole rings is 1. The van der Waals surface area contributed by atoms with Gasteiger partial charge in [0, 0.05) is 29.2 Å². The molecule has 0 unspecified atom stereocenters. The highest BCUT2D eigenvalue weighted by molar-refractivity contribution is 9.10. The molecule has 0 fully saturated rings. The molecule has 10 heteroatoms. The summed E-state index contributed by atoms with van der Waals surface area (Å²) in [5.74, 6) is 0.0341. The van der Waals surface area contributed by atoms with Crippen molar-refractivity contribution in [1.29, 1.82) is 5.26 Å². The lowest BCUT2D eigenvalue weighted by Gasteiger charge is -2.12. The third kappa shape index (κ3) is 5.00. The molecule has 0 aliphatic heterocycles. The molecule has 0 saturated carbocycles. The molecule has 0 atom stereocenters. The number of aliphatic carboxylic acids is 1. The van der Waals surface area contributed by atoms with Crippen LogP contribution in [0.25, 0.3) is 11.2 Å². The Kier molecular flexibility index (Phi) is 6.29. The topological polar surface area (TPSA) is 129 Å².